The van der Waals surface area contributed by atoms with Crippen molar-refractivity contribution in [2.45, 2.75) is 24.7 Å². The minimum absolute atomic E-state index is 0.499. The minimum atomic E-state index is 0.499. The van der Waals surface area contributed by atoms with Gasteiger partial charge in [0.2, 0.25) is 0 Å². The molecule has 2 heteroatoms. The number of fused-ring (bicyclic) bond motifs is 2. The predicted octanol–water partition coefficient (Wildman–Crippen LogP) is 3.30. The van der Waals surface area contributed by atoms with Crippen molar-refractivity contribution in [1.29, 1.82) is 0 Å². The molecule has 1 saturated carbocycles. The summed E-state index contributed by atoms with van der Waals surface area (Å²) in [5.74, 6) is 0. The fourth-order valence-corrected chi connectivity index (χ4v) is 2.88. The molecule has 1 spiro atoms. The third kappa shape index (κ3) is 0.983. The SMILES string of the molecule is Brc1ccc2c(c1)C1(CCC1)CN2. The Kier molecular flexibility index (Phi) is 1.51. The summed E-state index contributed by atoms with van der Waals surface area (Å²) in [5.41, 5.74) is 3.38. The molecule has 2 aliphatic rings. The lowest BCUT2D eigenvalue weighted by molar-refractivity contribution is 0.272. The lowest BCUT2D eigenvalue weighted by atomic mass is 9.66. The smallest absolute Gasteiger partial charge is 0.0380 e. The van der Waals surface area contributed by atoms with Crippen molar-refractivity contribution < 1.29 is 0 Å². The molecule has 1 nitrogen and oxygen atoms in total. The zero-order valence-corrected chi connectivity index (χ0v) is 9.02. The fraction of sp³-hybridized carbons (Fsp3) is 0.455. The van der Waals surface area contributed by atoms with Gasteiger partial charge in [0, 0.05) is 22.1 Å². The molecular weight excluding hydrogens is 226 g/mol. The highest BCUT2D eigenvalue weighted by atomic mass is 79.9. The molecule has 13 heavy (non-hydrogen) atoms. The van der Waals surface area contributed by atoms with Crippen LogP contribution in [0.1, 0.15) is 24.8 Å². The number of rotatable bonds is 0. The molecule has 1 aliphatic heterocycles. The van der Waals surface area contributed by atoms with Crippen molar-refractivity contribution in [2.75, 3.05) is 11.9 Å². The largest absolute Gasteiger partial charge is 0.384 e. The van der Waals surface area contributed by atoms with Crippen LogP contribution >= 0.6 is 15.9 Å². The average molecular weight is 238 g/mol. The van der Waals surface area contributed by atoms with Crippen molar-refractivity contribution in [3.05, 3.63) is 28.2 Å². The van der Waals surface area contributed by atoms with E-state index in [9.17, 15) is 0 Å². The van der Waals surface area contributed by atoms with E-state index in [1.54, 1.807) is 0 Å². The molecule has 0 saturated heterocycles. The zero-order chi connectivity index (χ0) is 8.89. The molecule has 0 atom stereocenters. The normalized spacial score (nSPS) is 22.2. The highest BCUT2D eigenvalue weighted by Gasteiger charge is 2.43. The summed E-state index contributed by atoms with van der Waals surface area (Å²) in [5, 5.41) is 3.50. The van der Waals surface area contributed by atoms with E-state index in [2.05, 4.69) is 39.4 Å². The first-order chi connectivity index (χ1) is 6.30. The maximum absolute atomic E-state index is 3.54. The Balaban J connectivity index is 2.14. The van der Waals surface area contributed by atoms with E-state index in [4.69, 9.17) is 0 Å². The van der Waals surface area contributed by atoms with Gasteiger partial charge in [-0.3, -0.25) is 0 Å². The van der Waals surface area contributed by atoms with Crippen molar-refractivity contribution in [3.63, 3.8) is 0 Å². The molecule has 1 heterocycles. The van der Waals surface area contributed by atoms with E-state index >= 15 is 0 Å². The van der Waals surface area contributed by atoms with Gasteiger partial charge in [-0.2, -0.15) is 0 Å². The highest BCUT2D eigenvalue weighted by Crippen LogP contribution is 2.50. The number of anilines is 1. The molecule has 0 amide bonds. The first kappa shape index (κ1) is 7.86. The molecule has 1 aliphatic carbocycles. The highest BCUT2D eigenvalue weighted by molar-refractivity contribution is 9.10. The van der Waals surface area contributed by atoms with Gasteiger partial charge in [0.25, 0.3) is 0 Å². The van der Waals surface area contributed by atoms with Gasteiger partial charge in [0.15, 0.2) is 0 Å². The molecule has 1 aromatic rings. The molecular formula is C11H12BrN. The van der Waals surface area contributed by atoms with Crippen LogP contribution in [-0.2, 0) is 5.41 Å². The van der Waals surface area contributed by atoms with E-state index in [-0.39, 0.29) is 0 Å². The Bertz CT molecular complexity index is 355. The number of benzene rings is 1. The second-order valence-electron chi connectivity index (χ2n) is 4.18. The third-order valence-electron chi connectivity index (χ3n) is 3.48. The molecule has 0 bridgehead atoms. The molecule has 3 rings (SSSR count). The van der Waals surface area contributed by atoms with Gasteiger partial charge < -0.3 is 5.32 Å². The lowest BCUT2D eigenvalue weighted by Gasteiger charge is -2.38. The van der Waals surface area contributed by atoms with Crippen molar-refractivity contribution in [3.8, 4) is 0 Å². The first-order valence-corrected chi connectivity index (χ1v) is 5.63. The molecule has 1 fully saturated rings. The predicted molar refractivity (Wildman–Crippen MR) is 58.2 cm³/mol. The van der Waals surface area contributed by atoms with E-state index in [1.807, 2.05) is 0 Å². The average Bonchev–Trinajstić information content (AvgIpc) is 2.41. The van der Waals surface area contributed by atoms with Gasteiger partial charge in [0.05, 0.1) is 0 Å². The number of halogens is 1. The van der Waals surface area contributed by atoms with Crippen LogP contribution in [0.3, 0.4) is 0 Å². The summed E-state index contributed by atoms with van der Waals surface area (Å²) >= 11 is 3.54. The van der Waals surface area contributed by atoms with Crippen LogP contribution in [0.2, 0.25) is 0 Å². The first-order valence-electron chi connectivity index (χ1n) is 4.84. The van der Waals surface area contributed by atoms with Gasteiger partial charge in [0.1, 0.15) is 0 Å². The van der Waals surface area contributed by atoms with Crippen LogP contribution in [0.5, 0.6) is 0 Å². The van der Waals surface area contributed by atoms with Gasteiger partial charge in [-0.25, -0.2) is 0 Å². The minimum Gasteiger partial charge on any atom is -0.384 e. The number of hydrogen-bond donors (Lipinski definition) is 1. The molecule has 1 aromatic carbocycles. The van der Waals surface area contributed by atoms with Crippen LogP contribution in [0.25, 0.3) is 0 Å². The van der Waals surface area contributed by atoms with Crippen LogP contribution < -0.4 is 5.32 Å². The molecule has 0 aromatic heterocycles. The summed E-state index contributed by atoms with van der Waals surface area (Å²) in [4.78, 5) is 0. The van der Waals surface area contributed by atoms with E-state index < -0.39 is 0 Å². The number of hydrogen-bond acceptors (Lipinski definition) is 1. The maximum atomic E-state index is 3.54. The lowest BCUT2D eigenvalue weighted by Crippen LogP contribution is -2.35. The van der Waals surface area contributed by atoms with E-state index in [0.29, 0.717) is 5.41 Å². The van der Waals surface area contributed by atoms with Gasteiger partial charge in [-0.15, -0.1) is 0 Å². The Morgan fingerprint density at radius 2 is 2.15 bits per heavy atom. The molecule has 0 radical (unpaired) electrons. The van der Waals surface area contributed by atoms with E-state index in [0.717, 1.165) is 6.54 Å². The Labute approximate surface area is 86.7 Å². The summed E-state index contributed by atoms with van der Waals surface area (Å²) in [6.45, 7) is 1.15. The standard InChI is InChI=1S/C11H12BrN/c12-8-2-3-10-9(6-8)11(7-13-10)4-1-5-11/h2-3,6,13H,1,4-5,7H2. The molecule has 68 valence electrons. The number of nitrogens with one attached hydrogen (secondary N) is 1. The molecule has 1 N–H and O–H groups in total. The van der Waals surface area contributed by atoms with Crippen LogP contribution in [0.4, 0.5) is 5.69 Å². The van der Waals surface area contributed by atoms with Gasteiger partial charge in [-0.05, 0) is 36.6 Å². The van der Waals surface area contributed by atoms with Crippen molar-refractivity contribution in [2.24, 2.45) is 0 Å². The second kappa shape index (κ2) is 2.50. The topological polar surface area (TPSA) is 12.0 Å². The second-order valence-corrected chi connectivity index (χ2v) is 5.09. The van der Waals surface area contributed by atoms with Crippen LogP contribution in [0.15, 0.2) is 22.7 Å². The summed E-state index contributed by atoms with van der Waals surface area (Å²) in [7, 11) is 0. The Morgan fingerprint density at radius 1 is 1.31 bits per heavy atom. The summed E-state index contributed by atoms with van der Waals surface area (Å²) in [6.07, 6.45) is 4.13. The van der Waals surface area contributed by atoms with E-state index in [1.165, 1.54) is 35.0 Å². The van der Waals surface area contributed by atoms with Crippen molar-refractivity contribution >= 4 is 21.6 Å². The van der Waals surface area contributed by atoms with Gasteiger partial charge in [-0.1, -0.05) is 22.4 Å². The maximum Gasteiger partial charge on any atom is 0.0380 e. The quantitative estimate of drug-likeness (QED) is 0.731. The summed E-state index contributed by atoms with van der Waals surface area (Å²) in [6, 6.07) is 6.59. The Hall–Kier alpha value is -0.500. The monoisotopic (exact) mass is 237 g/mol. The van der Waals surface area contributed by atoms with Crippen molar-refractivity contribution in [1.82, 2.24) is 0 Å². The Morgan fingerprint density at radius 3 is 2.85 bits per heavy atom. The molecule has 0 unspecified atom stereocenters. The van der Waals surface area contributed by atoms with Crippen LogP contribution in [0, 0.1) is 0 Å². The van der Waals surface area contributed by atoms with Gasteiger partial charge >= 0.3 is 0 Å². The van der Waals surface area contributed by atoms with Crippen LogP contribution in [-0.4, -0.2) is 6.54 Å². The summed E-state index contributed by atoms with van der Waals surface area (Å²) < 4.78 is 1.21. The zero-order valence-electron chi connectivity index (χ0n) is 7.44. The third-order valence-corrected chi connectivity index (χ3v) is 3.97. The fourth-order valence-electron chi connectivity index (χ4n) is 2.52.